The van der Waals surface area contributed by atoms with Gasteiger partial charge in [-0.15, -0.1) is 0 Å². The molecule has 3 rings (SSSR count). The van der Waals surface area contributed by atoms with Gasteiger partial charge in [0.2, 0.25) is 0 Å². The summed E-state index contributed by atoms with van der Waals surface area (Å²) in [6, 6.07) is 2.23. The van der Waals surface area contributed by atoms with Gasteiger partial charge in [0.15, 0.2) is 0 Å². The van der Waals surface area contributed by atoms with E-state index >= 15 is 0 Å². The molecule has 5 heteroatoms. The average molecular weight is 262 g/mol. The van der Waals surface area contributed by atoms with Crippen molar-refractivity contribution in [2.24, 2.45) is 0 Å². The van der Waals surface area contributed by atoms with Gasteiger partial charge >= 0.3 is 0 Å². The van der Waals surface area contributed by atoms with E-state index in [1.54, 1.807) is 6.07 Å². The van der Waals surface area contributed by atoms with E-state index in [0.29, 0.717) is 12.0 Å². The van der Waals surface area contributed by atoms with Crippen molar-refractivity contribution in [2.75, 3.05) is 31.1 Å². The molecule has 1 aliphatic carbocycles. The smallest absolute Gasteiger partial charge is 0.252 e. The van der Waals surface area contributed by atoms with Crippen LogP contribution < -0.4 is 10.5 Å². The minimum Gasteiger partial charge on any atom is -0.354 e. The monoisotopic (exact) mass is 262 g/mol. The Labute approximate surface area is 113 Å². The number of nitrogens with one attached hydrogen (secondary N) is 1. The fourth-order valence-electron chi connectivity index (χ4n) is 2.64. The van der Waals surface area contributed by atoms with Crippen molar-refractivity contribution < 1.29 is 0 Å². The van der Waals surface area contributed by atoms with Gasteiger partial charge in [0.25, 0.3) is 5.56 Å². The summed E-state index contributed by atoms with van der Waals surface area (Å²) in [5, 5.41) is 0. The van der Waals surface area contributed by atoms with Crippen LogP contribution in [0.5, 0.6) is 0 Å². The van der Waals surface area contributed by atoms with Gasteiger partial charge in [-0.3, -0.25) is 9.69 Å². The van der Waals surface area contributed by atoms with E-state index in [0.717, 1.165) is 50.7 Å². The summed E-state index contributed by atoms with van der Waals surface area (Å²) in [5.41, 5.74) is -0.0156. The lowest BCUT2D eigenvalue weighted by Gasteiger charge is -2.37. The summed E-state index contributed by atoms with van der Waals surface area (Å²) >= 11 is 0. The second-order valence-corrected chi connectivity index (χ2v) is 5.88. The Bertz CT molecular complexity index is 498. The molecule has 2 fully saturated rings. The molecular weight excluding hydrogens is 240 g/mol. The molecule has 2 heterocycles. The number of piperazine rings is 1. The number of nitrogens with zero attached hydrogens (tertiary/aromatic N) is 3. The topological polar surface area (TPSA) is 52.2 Å². The van der Waals surface area contributed by atoms with Gasteiger partial charge in [-0.05, 0) is 26.7 Å². The Kier molecular flexibility index (Phi) is 3.31. The van der Waals surface area contributed by atoms with Gasteiger partial charge in [-0.2, -0.15) is 0 Å². The molecule has 0 aromatic carbocycles. The van der Waals surface area contributed by atoms with Gasteiger partial charge in [0.05, 0.1) is 0 Å². The van der Waals surface area contributed by atoms with Crippen molar-refractivity contribution in [3.05, 3.63) is 22.2 Å². The van der Waals surface area contributed by atoms with Crippen LogP contribution in [0.3, 0.4) is 0 Å². The van der Waals surface area contributed by atoms with E-state index in [1.807, 2.05) is 0 Å². The molecule has 1 aromatic rings. The molecule has 0 spiro atoms. The van der Waals surface area contributed by atoms with E-state index in [4.69, 9.17) is 0 Å². The molecule has 0 amide bonds. The molecule has 1 saturated heterocycles. The molecule has 0 unspecified atom stereocenters. The summed E-state index contributed by atoms with van der Waals surface area (Å²) in [7, 11) is 0. The largest absolute Gasteiger partial charge is 0.354 e. The first kappa shape index (κ1) is 12.7. The second-order valence-electron chi connectivity index (χ2n) is 5.88. The predicted molar refractivity (Wildman–Crippen MR) is 75.8 cm³/mol. The molecule has 1 saturated carbocycles. The van der Waals surface area contributed by atoms with Gasteiger partial charge < -0.3 is 9.88 Å². The van der Waals surface area contributed by atoms with Crippen molar-refractivity contribution >= 4 is 5.82 Å². The normalized spacial score (nSPS) is 21.1. The van der Waals surface area contributed by atoms with Gasteiger partial charge in [0, 0.05) is 44.2 Å². The van der Waals surface area contributed by atoms with Crippen molar-refractivity contribution in [3.8, 4) is 0 Å². The van der Waals surface area contributed by atoms with Crippen LogP contribution in [0.25, 0.3) is 0 Å². The van der Waals surface area contributed by atoms with Crippen LogP contribution in [0.1, 0.15) is 38.4 Å². The van der Waals surface area contributed by atoms with E-state index in [2.05, 4.69) is 33.6 Å². The van der Waals surface area contributed by atoms with E-state index in [1.165, 1.54) is 0 Å². The third-order valence-electron chi connectivity index (χ3n) is 4.08. The van der Waals surface area contributed by atoms with Crippen LogP contribution in [0.15, 0.2) is 10.9 Å². The first-order chi connectivity index (χ1) is 9.13. The Morgan fingerprint density at radius 1 is 1.26 bits per heavy atom. The van der Waals surface area contributed by atoms with Crippen LogP contribution in [-0.4, -0.2) is 47.1 Å². The molecule has 1 aromatic heterocycles. The highest BCUT2D eigenvalue weighted by molar-refractivity contribution is 5.38. The van der Waals surface area contributed by atoms with Crippen molar-refractivity contribution in [3.63, 3.8) is 0 Å². The summed E-state index contributed by atoms with van der Waals surface area (Å²) in [5.74, 6) is 2.23. The SMILES string of the molecule is CC(C)N1CCN(c2cc(=O)[nH]c(C3CC3)n2)CC1. The molecule has 2 aliphatic rings. The van der Waals surface area contributed by atoms with Crippen molar-refractivity contribution in [2.45, 2.75) is 38.6 Å². The highest BCUT2D eigenvalue weighted by atomic mass is 16.1. The average Bonchev–Trinajstić information content (AvgIpc) is 3.22. The summed E-state index contributed by atoms with van der Waals surface area (Å²) in [6.07, 6.45) is 2.32. The minimum absolute atomic E-state index is 0.0156. The maximum Gasteiger partial charge on any atom is 0.252 e. The molecule has 0 atom stereocenters. The maximum absolute atomic E-state index is 11.7. The Balaban J connectivity index is 1.74. The Hall–Kier alpha value is -1.36. The highest BCUT2D eigenvalue weighted by Crippen LogP contribution is 2.37. The number of hydrogen-bond donors (Lipinski definition) is 1. The number of hydrogen-bond acceptors (Lipinski definition) is 4. The number of H-pyrrole nitrogens is 1. The Morgan fingerprint density at radius 3 is 2.53 bits per heavy atom. The summed E-state index contributed by atoms with van der Waals surface area (Å²) in [6.45, 7) is 8.46. The lowest BCUT2D eigenvalue weighted by atomic mass is 10.2. The van der Waals surface area contributed by atoms with Gasteiger partial charge in [0.1, 0.15) is 11.6 Å². The Morgan fingerprint density at radius 2 is 1.95 bits per heavy atom. The minimum atomic E-state index is -0.0156. The van der Waals surface area contributed by atoms with Crippen LogP contribution in [0, 0.1) is 0 Å². The standard InChI is InChI=1S/C14H22N4O/c1-10(2)17-5-7-18(8-6-17)12-9-13(19)16-14(15-12)11-3-4-11/h9-11H,3-8H2,1-2H3,(H,15,16,19). The fourth-order valence-corrected chi connectivity index (χ4v) is 2.64. The number of rotatable bonds is 3. The first-order valence-corrected chi connectivity index (χ1v) is 7.24. The van der Waals surface area contributed by atoms with E-state index in [9.17, 15) is 4.79 Å². The molecule has 104 valence electrons. The van der Waals surface area contributed by atoms with Crippen LogP contribution in [-0.2, 0) is 0 Å². The molecule has 0 bridgehead atoms. The van der Waals surface area contributed by atoms with E-state index < -0.39 is 0 Å². The number of aromatic nitrogens is 2. The zero-order valence-corrected chi connectivity index (χ0v) is 11.7. The maximum atomic E-state index is 11.7. The van der Waals surface area contributed by atoms with E-state index in [-0.39, 0.29) is 5.56 Å². The first-order valence-electron chi connectivity index (χ1n) is 7.24. The molecule has 19 heavy (non-hydrogen) atoms. The zero-order chi connectivity index (χ0) is 13.4. The zero-order valence-electron chi connectivity index (χ0n) is 11.7. The van der Waals surface area contributed by atoms with Gasteiger partial charge in [-0.25, -0.2) is 4.98 Å². The molecule has 5 nitrogen and oxygen atoms in total. The van der Waals surface area contributed by atoms with Gasteiger partial charge in [-0.1, -0.05) is 0 Å². The molecule has 1 aliphatic heterocycles. The molecule has 1 N–H and O–H groups in total. The molecule has 0 radical (unpaired) electrons. The fraction of sp³-hybridized carbons (Fsp3) is 0.714. The lowest BCUT2D eigenvalue weighted by Crippen LogP contribution is -2.49. The van der Waals surface area contributed by atoms with Crippen molar-refractivity contribution in [1.29, 1.82) is 0 Å². The van der Waals surface area contributed by atoms with Crippen molar-refractivity contribution in [1.82, 2.24) is 14.9 Å². The quantitative estimate of drug-likeness (QED) is 0.888. The van der Waals surface area contributed by atoms with Crippen LogP contribution >= 0.6 is 0 Å². The highest BCUT2D eigenvalue weighted by Gasteiger charge is 2.27. The number of aromatic amines is 1. The third-order valence-corrected chi connectivity index (χ3v) is 4.08. The summed E-state index contributed by atoms with van der Waals surface area (Å²) in [4.78, 5) is 23.9. The molecular formula is C14H22N4O. The number of anilines is 1. The van der Waals surface area contributed by atoms with Crippen LogP contribution in [0.2, 0.25) is 0 Å². The third kappa shape index (κ3) is 2.81. The van der Waals surface area contributed by atoms with Crippen LogP contribution in [0.4, 0.5) is 5.82 Å². The second kappa shape index (κ2) is 4.96. The summed E-state index contributed by atoms with van der Waals surface area (Å²) < 4.78 is 0. The lowest BCUT2D eigenvalue weighted by molar-refractivity contribution is 0.209. The predicted octanol–water partition coefficient (Wildman–Crippen LogP) is 1.18.